The Morgan fingerprint density at radius 1 is 1.33 bits per heavy atom. The zero-order valence-electron chi connectivity index (χ0n) is 13.7. The maximum atomic E-state index is 13.0. The lowest BCUT2D eigenvalue weighted by molar-refractivity contribution is -0.159. The molecule has 0 saturated carbocycles. The number of rotatable bonds is 4. The highest BCUT2D eigenvalue weighted by Crippen LogP contribution is 2.45. The molecule has 2 amide bonds. The SMILES string of the molecule is CC(C)N1C(=O)c2ccccc2N2C(=O)CC[C@@]21C(=O)OCCO. The van der Waals surface area contributed by atoms with Gasteiger partial charge in [0.2, 0.25) is 11.6 Å². The van der Waals surface area contributed by atoms with E-state index in [4.69, 9.17) is 9.84 Å². The molecule has 1 fully saturated rings. The van der Waals surface area contributed by atoms with Gasteiger partial charge in [0.05, 0.1) is 17.9 Å². The van der Waals surface area contributed by atoms with Crippen LogP contribution in [-0.2, 0) is 14.3 Å². The number of amides is 2. The Labute approximate surface area is 139 Å². The van der Waals surface area contributed by atoms with Crippen LogP contribution in [0.4, 0.5) is 5.69 Å². The zero-order valence-corrected chi connectivity index (χ0v) is 13.7. The van der Waals surface area contributed by atoms with Crippen molar-refractivity contribution < 1.29 is 24.2 Å². The lowest BCUT2D eigenvalue weighted by atomic mass is 9.95. The largest absolute Gasteiger partial charge is 0.460 e. The number of carbonyl (C=O) groups is 3. The van der Waals surface area contributed by atoms with Gasteiger partial charge < -0.3 is 14.7 Å². The Bertz CT molecular complexity index is 702. The molecule has 1 N–H and O–H groups in total. The van der Waals surface area contributed by atoms with Crippen LogP contribution in [0, 0.1) is 0 Å². The van der Waals surface area contributed by atoms with E-state index >= 15 is 0 Å². The smallest absolute Gasteiger partial charge is 0.353 e. The first-order valence-corrected chi connectivity index (χ1v) is 7.99. The molecule has 0 radical (unpaired) electrons. The molecule has 0 aliphatic carbocycles. The Hall–Kier alpha value is -2.41. The van der Waals surface area contributed by atoms with Crippen molar-refractivity contribution in [2.24, 2.45) is 0 Å². The average molecular weight is 332 g/mol. The van der Waals surface area contributed by atoms with Gasteiger partial charge in [-0.1, -0.05) is 12.1 Å². The molecule has 3 rings (SSSR count). The number of hydrogen-bond acceptors (Lipinski definition) is 5. The molecule has 24 heavy (non-hydrogen) atoms. The highest BCUT2D eigenvalue weighted by Gasteiger charge is 2.62. The van der Waals surface area contributed by atoms with Crippen LogP contribution in [0.5, 0.6) is 0 Å². The first kappa shape index (κ1) is 16.4. The third kappa shape index (κ3) is 2.11. The highest BCUT2D eigenvalue weighted by molar-refractivity contribution is 6.15. The minimum atomic E-state index is -1.48. The number of aliphatic hydroxyl groups excluding tert-OH is 1. The molecule has 7 heteroatoms. The Morgan fingerprint density at radius 2 is 2.04 bits per heavy atom. The molecule has 128 valence electrons. The number of nitrogens with zero attached hydrogens (tertiary/aromatic N) is 2. The fourth-order valence-electron chi connectivity index (χ4n) is 3.63. The van der Waals surface area contributed by atoms with E-state index in [0.29, 0.717) is 11.3 Å². The summed E-state index contributed by atoms with van der Waals surface area (Å²) in [4.78, 5) is 41.3. The molecule has 1 atom stereocenters. The van der Waals surface area contributed by atoms with Crippen molar-refractivity contribution in [3.63, 3.8) is 0 Å². The molecule has 7 nitrogen and oxygen atoms in total. The Balaban J connectivity index is 2.21. The first-order chi connectivity index (χ1) is 11.4. The Kier molecular flexibility index (Phi) is 4.04. The second-order valence-corrected chi connectivity index (χ2v) is 6.19. The maximum Gasteiger partial charge on any atom is 0.353 e. The van der Waals surface area contributed by atoms with Crippen molar-refractivity contribution in [3.05, 3.63) is 29.8 Å². The van der Waals surface area contributed by atoms with Gasteiger partial charge >= 0.3 is 5.97 Å². The summed E-state index contributed by atoms with van der Waals surface area (Å²) in [6.07, 6.45) is 0.327. The van der Waals surface area contributed by atoms with Crippen molar-refractivity contribution in [3.8, 4) is 0 Å². The summed E-state index contributed by atoms with van der Waals surface area (Å²) in [5.74, 6) is -1.20. The third-order valence-corrected chi connectivity index (χ3v) is 4.47. The zero-order chi connectivity index (χ0) is 17.5. The fourth-order valence-corrected chi connectivity index (χ4v) is 3.63. The summed E-state index contributed by atoms with van der Waals surface area (Å²) in [7, 11) is 0. The van der Waals surface area contributed by atoms with Gasteiger partial charge in [-0.05, 0) is 26.0 Å². The van der Waals surface area contributed by atoms with Gasteiger partial charge in [-0.25, -0.2) is 4.79 Å². The van der Waals surface area contributed by atoms with Crippen molar-refractivity contribution in [1.82, 2.24) is 4.90 Å². The minimum absolute atomic E-state index is 0.152. The summed E-state index contributed by atoms with van der Waals surface area (Å²) in [6.45, 7) is 3.11. The molecule has 2 aliphatic rings. The molecular weight excluding hydrogens is 312 g/mol. The van der Waals surface area contributed by atoms with E-state index in [-0.39, 0.29) is 43.9 Å². The average Bonchev–Trinajstić information content (AvgIpc) is 2.91. The number of fused-ring (bicyclic) bond motifs is 3. The monoisotopic (exact) mass is 332 g/mol. The molecule has 1 aromatic rings. The van der Waals surface area contributed by atoms with E-state index in [0.717, 1.165) is 0 Å². The minimum Gasteiger partial charge on any atom is -0.460 e. The standard InChI is InChI=1S/C17H20N2O5/c1-11(2)18-15(22)12-5-3-4-6-13(12)19-14(21)7-8-17(18,19)16(23)24-10-9-20/h3-6,11,20H,7-10H2,1-2H3/t17-/m0/s1. The van der Waals surface area contributed by atoms with Gasteiger partial charge in [0.1, 0.15) is 6.61 Å². The number of esters is 1. The summed E-state index contributed by atoms with van der Waals surface area (Å²) >= 11 is 0. The van der Waals surface area contributed by atoms with Crippen LogP contribution < -0.4 is 4.90 Å². The summed E-state index contributed by atoms with van der Waals surface area (Å²) < 4.78 is 5.15. The molecule has 0 aromatic heterocycles. The normalized spacial score (nSPS) is 22.7. The molecule has 1 saturated heterocycles. The summed E-state index contributed by atoms with van der Waals surface area (Å²) in [5.41, 5.74) is -0.652. The molecule has 0 bridgehead atoms. The lowest BCUT2D eigenvalue weighted by Gasteiger charge is -2.50. The molecule has 2 heterocycles. The predicted molar refractivity (Wildman–Crippen MR) is 85.2 cm³/mol. The highest BCUT2D eigenvalue weighted by atomic mass is 16.5. The van der Waals surface area contributed by atoms with Crippen molar-refractivity contribution in [2.45, 2.75) is 38.4 Å². The number of anilines is 1. The number of carbonyl (C=O) groups excluding carboxylic acids is 3. The van der Waals surface area contributed by atoms with Gasteiger partial charge in [0.25, 0.3) is 5.91 Å². The number of hydrogen-bond donors (Lipinski definition) is 1. The molecule has 1 aromatic carbocycles. The van der Waals surface area contributed by atoms with Crippen LogP contribution >= 0.6 is 0 Å². The van der Waals surface area contributed by atoms with E-state index in [1.165, 1.54) is 9.80 Å². The van der Waals surface area contributed by atoms with Gasteiger partial charge in [0, 0.05) is 18.9 Å². The molecule has 2 aliphatic heterocycles. The lowest BCUT2D eigenvalue weighted by Crippen LogP contribution is -2.70. The Morgan fingerprint density at radius 3 is 2.71 bits per heavy atom. The van der Waals surface area contributed by atoms with Crippen LogP contribution in [0.25, 0.3) is 0 Å². The van der Waals surface area contributed by atoms with E-state index in [9.17, 15) is 14.4 Å². The van der Waals surface area contributed by atoms with Gasteiger partial charge in [-0.3, -0.25) is 14.5 Å². The van der Waals surface area contributed by atoms with E-state index in [1.54, 1.807) is 38.1 Å². The number of benzene rings is 1. The number of para-hydroxylation sites is 1. The second-order valence-electron chi connectivity index (χ2n) is 6.19. The van der Waals surface area contributed by atoms with Crippen molar-refractivity contribution in [2.75, 3.05) is 18.1 Å². The van der Waals surface area contributed by atoms with Crippen molar-refractivity contribution in [1.29, 1.82) is 0 Å². The van der Waals surface area contributed by atoms with Crippen molar-refractivity contribution >= 4 is 23.5 Å². The molecular formula is C17H20N2O5. The third-order valence-electron chi connectivity index (χ3n) is 4.47. The van der Waals surface area contributed by atoms with E-state index < -0.39 is 11.6 Å². The van der Waals surface area contributed by atoms with E-state index in [1.807, 2.05) is 0 Å². The van der Waals surface area contributed by atoms with Crippen LogP contribution in [-0.4, -0.2) is 52.7 Å². The van der Waals surface area contributed by atoms with Gasteiger partial charge in [-0.2, -0.15) is 0 Å². The van der Waals surface area contributed by atoms with Gasteiger partial charge in [-0.15, -0.1) is 0 Å². The summed E-state index contributed by atoms with van der Waals surface area (Å²) in [6, 6.07) is 6.48. The topological polar surface area (TPSA) is 87.2 Å². The van der Waals surface area contributed by atoms with Crippen LogP contribution in [0.3, 0.4) is 0 Å². The van der Waals surface area contributed by atoms with Gasteiger partial charge in [0.15, 0.2) is 0 Å². The quantitative estimate of drug-likeness (QED) is 0.828. The maximum absolute atomic E-state index is 13.0. The molecule has 0 spiro atoms. The number of ether oxygens (including phenoxy) is 1. The van der Waals surface area contributed by atoms with E-state index in [2.05, 4.69) is 0 Å². The predicted octanol–water partition coefficient (Wildman–Crippen LogP) is 0.909. The summed E-state index contributed by atoms with van der Waals surface area (Å²) in [5, 5.41) is 8.95. The number of aliphatic hydroxyl groups is 1. The first-order valence-electron chi connectivity index (χ1n) is 7.99. The fraction of sp³-hybridized carbons (Fsp3) is 0.471. The van der Waals surface area contributed by atoms with Crippen LogP contribution in [0.15, 0.2) is 24.3 Å². The second kappa shape index (κ2) is 5.90. The van der Waals surface area contributed by atoms with Crippen LogP contribution in [0.2, 0.25) is 0 Å². The van der Waals surface area contributed by atoms with Crippen LogP contribution in [0.1, 0.15) is 37.0 Å². The molecule has 0 unspecified atom stereocenters.